The van der Waals surface area contributed by atoms with E-state index in [0.717, 1.165) is 12.8 Å². The van der Waals surface area contributed by atoms with Crippen molar-refractivity contribution in [2.75, 3.05) is 0 Å². The Morgan fingerprint density at radius 1 is 1.47 bits per heavy atom. The number of hydrogen-bond donors (Lipinski definition) is 2. The van der Waals surface area contributed by atoms with Gasteiger partial charge in [0.25, 0.3) is 0 Å². The average molecular weight is 291 g/mol. The largest absolute Gasteiger partial charge is 0.389 e. The second-order valence-corrected chi connectivity index (χ2v) is 6.46. The summed E-state index contributed by atoms with van der Waals surface area (Å²) in [6, 6.07) is 4.40. The van der Waals surface area contributed by atoms with E-state index in [9.17, 15) is 8.42 Å². The Kier molecular flexibility index (Phi) is 3.40. The third kappa shape index (κ3) is 2.95. The van der Waals surface area contributed by atoms with Crippen LogP contribution in [0.1, 0.15) is 18.4 Å². The van der Waals surface area contributed by atoms with Crippen LogP contribution in [0.25, 0.3) is 0 Å². The van der Waals surface area contributed by atoms with Gasteiger partial charge in [0, 0.05) is 11.6 Å². The van der Waals surface area contributed by atoms with E-state index in [1.807, 2.05) is 0 Å². The molecule has 0 aromatic heterocycles. The van der Waals surface area contributed by atoms with Crippen molar-refractivity contribution in [2.24, 2.45) is 5.73 Å². The van der Waals surface area contributed by atoms with E-state index in [4.69, 9.17) is 29.6 Å². The molecule has 1 fully saturated rings. The van der Waals surface area contributed by atoms with Gasteiger partial charge in [0.15, 0.2) is 0 Å². The highest BCUT2D eigenvalue weighted by molar-refractivity contribution is 7.89. The first-order valence-corrected chi connectivity index (χ1v) is 7.29. The van der Waals surface area contributed by atoms with Crippen molar-refractivity contribution < 1.29 is 8.42 Å². The zero-order valence-corrected chi connectivity index (χ0v) is 11.2. The zero-order chi connectivity index (χ0) is 12.6. The first kappa shape index (κ1) is 12.8. The molecule has 0 spiro atoms. The molecular formula is C10H11ClN2O2S2. The second kappa shape index (κ2) is 4.53. The van der Waals surface area contributed by atoms with E-state index < -0.39 is 10.0 Å². The van der Waals surface area contributed by atoms with E-state index >= 15 is 0 Å². The maximum atomic E-state index is 11.9. The lowest BCUT2D eigenvalue weighted by molar-refractivity contribution is 0.581. The van der Waals surface area contributed by atoms with Gasteiger partial charge >= 0.3 is 0 Å². The minimum absolute atomic E-state index is 0.0639. The molecule has 3 N–H and O–H groups in total. The van der Waals surface area contributed by atoms with Gasteiger partial charge in [0.1, 0.15) is 4.99 Å². The Labute approximate surface area is 110 Å². The standard InChI is InChI=1S/C10H11ClN2O2S2/c11-9-5-7(3-4-8(9)10(12)16)17(14,15)13-6-1-2-6/h3-6,13H,1-2H2,(H2,12,16). The molecule has 4 nitrogen and oxygen atoms in total. The van der Waals surface area contributed by atoms with Crippen LogP contribution in [0, 0.1) is 0 Å². The van der Waals surface area contributed by atoms with Gasteiger partial charge < -0.3 is 5.73 Å². The van der Waals surface area contributed by atoms with Gasteiger partial charge in [-0.2, -0.15) is 0 Å². The fourth-order valence-electron chi connectivity index (χ4n) is 1.35. The Balaban J connectivity index is 2.33. The van der Waals surface area contributed by atoms with E-state index in [0.29, 0.717) is 5.56 Å². The number of nitrogens with one attached hydrogen (secondary N) is 1. The van der Waals surface area contributed by atoms with Crippen LogP contribution in [0.15, 0.2) is 23.1 Å². The normalized spacial score (nSPS) is 15.8. The number of halogens is 1. The van der Waals surface area contributed by atoms with Crippen LogP contribution < -0.4 is 10.5 Å². The van der Waals surface area contributed by atoms with Crippen molar-refractivity contribution >= 4 is 38.8 Å². The lowest BCUT2D eigenvalue weighted by Gasteiger charge is -2.07. The minimum Gasteiger partial charge on any atom is -0.389 e. The van der Waals surface area contributed by atoms with E-state index in [1.165, 1.54) is 18.2 Å². The predicted molar refractivity (Wildman–Crippen MR) is 70.7 cm³/mol. The molecule has 0 unspecified atom stereocenters. The molecule has 0 amide bonds. The molecule has 0 saturated heterocycles. The monoisotopic (exact) mass is 290 g/mol. The highest BCUT2D eigenvalue weighted by Gasteiger charge is 2.28. The highest BCUT2D eigenvalue weighted by atomic mass is 35.5. The van der Waals surface area contributed by atoms with Gasteiger partial charge in [-0.15, -0.1) is 0 Å². The number of hydrogen-bond acceptors (Lipinski definition) is 3. The summed E-state index contributed by atoms with van der Waals surface area (Å²) in [5.41, 5.74) is 5.93. The van der Waals surface area contributed by atoms with Gasteiger partial charge in [0.2, 0.25) is 10.0 Å². The van der Waals surface area contributed by atoms with Gasteiger partial charge in [-0.3, -0.25) is 0 Å². The van der Waals surface area contributed by atoms with Crippen molar-refractivity contribution in [1.29, 1.82) is 0 Å². The van der Waals surface area contributed by atoms with Crippen molar-refractivity contribution in [2.45, 2.75) is 23.8 Å². The molecule has 0 radical (unpaired) electrons. The molecule has 1 aliphatic rings. The molecule has 0 atom stereocenters. The van der Waals surface area contributed by atoms with Crippen molar-refractivity contribution in [1.82, 2.24) is 4.72 Å². The maximum absolute atomic E-state index is 11.9. The summed E-state index contributed by atoms with van der Waals surface area (Å²) in [6.45, 7) is 0. The molecular weight excluding hydrogens is 280 g/mol. The number of benzene rings is 1. The van der Waals surface area contributed by atoms with Crippen LogP contribution in [0.5, 0.6) is 0 Å². The lowest BCUT2D eigenvalue weighted by atomic mass is 10.2. The molecule has 0 heterocycles. The van der Waals surface area contributed by atoms with Crippen LogP contribution >= 0.6 is 23.8 Å². The summed E-state index contributed by atoms with van der Waals surface area (Å²) in [7, 11) is -3.48. The fourth-order valence-corrected chi connectivity index (χ4v) is 3.26. The molecule has 1 aromatic rings. The smallest absolute Gasteiger partial charge is 0.240 e. The molecule has 2 rings (SSSR count). The first-order valence-electron chi connectivity index (χ1n) is 5.02. The maximum Gasteiger partial charge on any atom is 0.240 e. The molecule has 17 heavy (non-hydrogen) atoms. The second-order valence-electron chi connectivity index (χ2n) is 3.90. The van der Waals surface area contributed by atoms with E-state index in [-0.39, 0.29) is 20.9 Å². The molecule has 92 valence electrons. The number of sulfonamides is 1. The Morgan fingerprint density at radius 3 is 2.59 bits per heavy atom. The number of thiocarbonyl (C=S) groups is 1. The van der Waals surface area contributed by atoms with Crippen LogP contribution in [0.3, 0.4) is 0 Å². The summed E-state index contributed by atoms with van der Waals surface area (Å²) in [5, 5.41) is 0.246. The summed E-state index contributed by atoms with van der Waals surface area (Å²) >= 11 is 10.7. The van der Waals surface area contributed by atoms with Gasteiger partial charge in [0.05, 0.1) is 9.92 Å². The topological polar surface area (TPSA) is 72.2 Å². The highest BCUT2D eigenvalue weighted by Crippen LogP contribution is 2.24. The first-order chi connectivity index (χ1) is 7.90. The molecule has 0 bridgehead atoms. The molecule has 1 aromatic carbocycles. The van der Waals surface area contributed by atoms with Gasteiger partial charge in [-0.1, -0.05) is 23.8 Å². The van der Waals surface area contributed by atoms with Crippen LogP contribution in [0.2, 0.25) is 5.02 Å². The van der Waals surface area contributed by atoms with Crippen molar-refractivity contribution in [3.63, 3.8) is 0 Å². The van der Waals surface area contributed by atoms with Gasteiger partial charge in [-0.25, -0.2) is 13.1 Å². The van der Waals surface area contributed by atoms with Crippen LogP contribution in [-0.2, 0) is 10.0 Å². The van der Waals surface area contributed by atoms with Crippen LogP contribution in [-0.4, -0.2) is 19.4 Å². The molecule has 1 saturated carbocycles. The summed E-state index contributed by atoms with van der Waals surface area (Å²) in [4.78, 5) is 0.281. The lowest BCUT2D eigenvalue weighted by Crippen LogP contribution is -2.25. The van der Waals surface area contributed by atoms with Crippen molar-refractivity contribution in [3.05, 3.63) is 28.8 Å². The number of rotatable bonds is 4. The molecule has 7 heteroatoms. The minimum atomic E-state index is -3.48. The van der Waals surface area contributed by atoms with E-state index in [1.54, 1.807) is 0 Å². The van der Waals surface area contributed by atoms with E-state index in [2.05, 4.69) is 4.72 Å². The quantitative estimate of drug-likeness (QED) is 0.823. The van der Waals surface area contributed by atoms with Crippen LogP contribution in [0.4, 0.5) is 0 Å². The number of nitrogens with two attached hydrogens (primary N) is 1. The Hall–Kier alpha value is -0.690. The summed E-state index contributed by atoms with van der Waals surface area (Å²) in [5.74, 6) is 0. The molecule has 0 aliphatic heterocycles. The predicted octanol–water partition coefficient (Wildman–Crippen LogP) is 1.41. The Bertz CT molecular complexity index is 568. The summed E-state index contributed by atoms with van der Waals surface area (Å²) < 4.78 is 26.3. The zero-order valence-electron chi connectivity index (χ0n) is 8.81. The average Bonchev–Trinajstić information content (AvgIpc) is 3.00. The van der Waals surface area contributed by atoms with Crippen molar-refractivity contribution in [3.8, 4) is 0 Å². The third-order valence-electron chi connectivity index (χ3n) is 2.42. The SMILES string of the molecule is NC(=S)c1ccc(S(=O)(=O)NC2CC2)cc1Cl. The fraction of sp³-hybridized carbons (Fsp3) is 0.300. The Morgan fingerprint density at radius 2 is 2.12 bits per heavy atom. The molecule has 1 aliphatic carbocycles. The van der Waals surface area contributed by atoms with Gasteiger partial charge in [-0.05, 0) is 31.0 Å². The third-order valence-corrected chi connectivity index (χ3v) is 4.47. The summed E-state index contributed by atoms with van der Waals surface area (Å²) in [6.07, 6.45) is 1.77.